The molecule has 0 unspecified atom stereocenters. The van der Waals surface area contributed by atoms with Crippen molar-refractivity contribution in [2.45, 2.75) is 42.6 Å². The normalized spacial score (nSPS) is 15.2. The van der Waals surface area contributed by atoms with Crippen molar-refractivity contribution < 1.29 is 36.2 Å². The molecule has 0 spiro atoms. The zero-order valence-electron chi connectivity index (χ0n) is 24.4. The van der Waals surface area contributed by atoms with Crippen molar-refractivity contribution in [1.82, 2.24) is 9.47 Å². The van der Waals surface area contributed by atoms with Crippen molar-refractivity contribution in [3.63, 3.8) is 0 Å². The summed E-state index contributed by atoms with van der Waals surface area (Å²) in [5.41, 5.74) is 1.82. The molecule has 2 heterocycles. The van der Waals surface area contributed by atoms with Gasteiger partial charge in [0.05, 0.1) is 48.2 Å². The van der Waals surface area contributed by atoms with Gasteiger partial charge in [-0.1, -0.05) is 12.0 Å². The molecule has 0 aliphatic carbocycles. The number of rotatable bonds is 11. The van der Waals surface area contributed by atoms with E-state index in [1.54, 1.807) is 25.3 Å². The Kier molecular flexibility index (Phi) is 12.2. The number of aliphatic hydroxyl groups excluding tert-OH is 1. The van der Waals surface area contributed by atoms with Gasteiger partial charge in [0.15, 0.2) is 0 Å². The van der Waals surface area contributed by atoms with Crippen molar-refractivity contribution in [3.8, 4) is 17.6 Å². The summed E-state index contributed by atoms with van der Waals surface area (Å²) in [6.07, 6.45) is -3.02. The third kappa shape index (κ3) is 9.19. The molecule has 1 aromatic heterocycles. The zero-order valence-corrected chi connectivity index (χ0v) is 26.3. The second kappa shape index (κ2) is 15.2. The Morgan fingerprint density at radius 2 is 1.86 bits per heavy atom. The summed E-state index contributed by atoms with van der Waals surface area (Å²) in [4.78, 5) is 2.11. The monoisotopic (exact) mass is 657 g/mol. The van der Waals surface area contributed by atoms with Crippen molar-refractivity contribution >= 4 is 45.8 Å². The van der Waals surface area contributed by atoms with Crippen LogP contribution in [-0.2, 0) is 21.3 Å². The van der Waals surface area contributed by atoms with Crippen LogP contribution < -0.4 is 20.5 Å². The van der Waals surface area contributed by atoms with Gasteiger partial charge in [0.2, 0.25) is 10.0 Å². The van der Waals surface area contributed by atoms with E-state index in [1.165, 1.54) is 25.3 Å². The molecule has 0 amide bonds. The number of ether oxygens (including phenoxy) is 2. The van der Waals surface area contributed by atoms with Crippen LogP contribution in [0.15, 0.2) is 47.4 Å². The number of hydrogen-bond acceptors (Lipinski definition) is 8. The van der Waals surface area contributed by atoms with Gasteiger partial charge in [-0.15, -0.1) is 0 Å². The van der Waals surface area contributed by atoms with Crippen molar-refractivity contribution in [3.05, 3.63) is 48.2 Å². The van der Waals surface area contributed by atoms with Gasteiger partial charge < -0.3 is 34.7 Å². The highest BCUT2D eigenvalue weighted by Crippen LogP contribution is 2.31. The van der Waals surface area contributed by atoms with Crippen LogP contribution in [0.5, 0.6) is 5.75 Å². The summed E-state index contributed by atoms with van der Waals surface area (Å²) >= 11 is 0. The molecule has 1 aliphatic rings. The minimum absolute atomic E-state index is 0. The molecule has 0 bridgehead atoms. The summed E-state index contributed by atoms with van der Waals surface area (Å²) in [5, 5.41) is 21.7. The third-order valence-corrected chi connectivity index (χ3v) is 8.23. The van der Waals surface area contributed by atoms with Gasteiger partial charge in [0.1, 0.15) is 12.3 Å². The summed E-state index contributed by atoms with van der Waals surface area (Å²) < 4.78 is 75.7. The maximum atomic E-state index is 13.6. The Morgan fingerprint density at radius 3 is 2.48 bits per heavy atom. The number of sulfonamides is 1. The molecule has 5 N–H and O–H groups in total. The molecule has 1 atom stereocenters. The van der Waals surface area contributed by atoms with Gasteiger partial charge in [-0.25, -0.2) is 13.6 Å². The highest BCUT2D eigenvalue weighted by molar-refractivity contribution is 7.89. The molecular formula is C29H38F3N5O5S2. The lowest BCUT2D eigenvalue weighted by Crippen LogP contribution is -2.43. The van der Waals surface area contributed by atoms with E-state index in [1.807, 2.05) is 6.07 Å². The van der Waals surface area contributed by atoms with E-state index in [0.717, 1.165) is 36.2 Å². The first-order chi connectivity index (χ1) is 20.4. The van der Waals surface area contributed by atoms with E-state index < -0.39 is 22.7 Å². The fourth-order valence-corrected chi connectivity index (χ4v) is 5.64. The number of piperidine rings is 1. The number of nitrogens with zero attached hydrogens (tertiary/aromatic N) is 2. The molecule has 44 heavy (non-hydrogen) atoms. The number of aromatic nitrogens is 1. The lowest BCUT2D eigenvalue weighted by molar-refractivity contribution is -0.140. The molecular weight excluding hydrogens is 619 g/mol. The van der Waals surface area contributed by atoms with Gasteiger partial charge in [0.25, 0.3) is 0 Å². The Morgan fingerprint density at radius 1 is 1.14 bits per heavy atom. The van der Waals surface area contributed by atoms with Crippen molar-refractivity contribution in [1.29, 1.82) is 0 Å². The predicted octanol–water partition coefficient (Wildman–Crippen LogP) is 3.32. The van der Waals surface area contributed by atoms with Crippen LogP contribution in [0.2, 0.25) is 0 Å². The van der Waals surface area contributed by atoms with Crippen LogP contribution in [0.25, 0.3) is 10.9 Å². The average molecular weight is 658 g/mol. The smallest absolute Gasteiger partial charge is 0.406 e. The molecule has 242 valence electrons. The second-order valence-electron chi connectivity index (χ2n) is 10.3. The van der Waals surface area contributed by atoms with Crippen LogP contribution in [-0.4, -0.2) is 88.3 Å². The number of halogens is 3. The number of aliphatic hydroxyl groups is 1. The van der Waals surface area contributed by atoms with Crippen molar-refractivity contribution in [2.75, 3.05) is 57.6 Å². The maximum Gasteiger partial charge on any atom is 0.406 e. The van der Waals surface area contributed by atoms with Crippen LogP contribution in [0.1, 0.15) is 18.5 Å². The minimum atomic E-state index is -4.45. The molecule has 0 radical (unpaired) electrons. The van der Waals surface area contributed by atoms with Gasteiger partial charge in [0, 0.05) is 49.9 Å². The summed E-state index contributed by atoms with van der Waals surface area (Å²) in [6, 6.07) is 11.1. The maximum absolute atomic E-state index is 13.6. The Labute approximate surface area is 262 Å². The average Bonchev–Trinajstić information content (AvgIpc) is 3.30. The minimum Gasteiger partial charge on any atom is -0.495 e. The Bertz CT molecular complexity index is 1580. The summed E-state index contributed by atoms with van der Waals surface area (Å²) in [5.74, 6) is 5.95. The molecule has 3 aromatic rings. The summed E-state index contributed by atoms with van der Waals surface area (Å²) in [7, 11) is -0.972. The van der Waals surface area contributed by atoms with E-state index >= 15 is 0 Å². The zero-order chi connectivity index (χ0) is 31.2. The number of alkyl halides is 3. The number of methoxy groups -OCH3 is 2. The van der Waals surface area contributed by atoms with E-state index in [0.29, 0.717) is 23.1 Å². The fourth-order valence-electron chi connectivity index (χ4n) is 5.11. The van der Waals surface area contributed by atoms with E-state index in [9.17, 15) is 26.7 Å². The molecule has 15 heteroatoms. The summed E-state index contributed by atoms with van der Waals surface area (Å²) in [6.45, 7) is 1.08. The highest BCUT2D eigenvalue weighted by Gasteiger charge is 2.30. The van der Waals surface area contributed by atoms with Gasteiger partial charge in [-0.3, -0.25) is 0 Å². The predicted molar refractivity (Wildman–Crippen MR) is 169 cm³/mol. The number of fused-ring (bicyclic) bond motifs is 1. The van der Waals surface area contributed by atoms with Gasteiger partial charge in [-0.2, -0.15) is 26.7 Å². The number of likely N-dealkylation sites (tertiary alicyclic amines) is 1. The number of primary sulfonamides is 1. The van der Waals surface area contributed by atoms with Crippen LogP contribution in [0, 0.1) is 11.8 Å². The Hall–Kier alpha value is -3.13. The highest BCUT2D eigenvalue weighted by atomic mass is 32.2. The lowest BCUT2D eigenvalue weighted by atomic mass is 10.0. The quantitative estimate of drug-likeness (QED) is 0.231. The number of benzene rings is 2. The molecule has 1 saturated heterocycles. The Balaban J connectivity index is 0.00000529. The van der Waals surface area contributed by atoms with E-state index in [-0.39, 0.29) is 55.1 Å². The first-order valence-electron chi connectivity index (χ1n) is 13.7. The largest absolute Gasteiger partial charge is 0.495 e. The van der Waals surface area contributed by atoms with E-state index in [4.69, 9.17) is 14.6 Å². The van der Waals surface area contributed by atoms with Gasteiger partial charge >= 0.3 is 6.18 Å². The van der Waals surface area contributed by atoms with Gasteiger partial charge in [-0.05, 0) is 49.1 Å². The number of hydrogen-bond donors (Lipinski definition) is 4. The van der Waals surface area contributed by atoms with Crippen LogP contribution >= 0.6 is 13.5 Å². The molecule has 1 fully saturated rings. The molecule has 1 aliphatic heterocycles. The second-order valence-corrected chi connectivity index (χ2v) is 11.9. The topological polar surface area (TPSA) is 131 Å². The SMILES string of the molecule is COc1cc(S(N)(=O)=O)ccc1NCC#Cc1cc2c(NC3CCN(C[C@@H](CO)OC)CC3)cccc2n1CC(F)(F)F.S. The third-order valence-electron chi connectivity index (χ3n) is 7.31. The van der Waals surface area contributed by atoms with E-state index in [2.05, 4.69) is 27.4 Å². The molecule has 2 aromatic carbocycles. The number of anilines is 2. The first kappa shape index (κ1) is 35.4. The fraction of sp³-hybridized carbons (Fsp3) is 0.448. The van der Waals surface area contributed by atoms with Crippen molar-refractivity contribution in [2.24, 2.45) is 5.14 Å². The first-order valence-corrected chi connectivity index (χ1v) is 15.2. The number of nitrogens with one attached hydrogen (secondary N) is 2. The molecule has 0 saturated carbocycles. The standard InChI is InChI=1S/C29H36F3N5O5S.H2S/c1-41-22(18-38)17-36-13-10-20(11-14-36)35-25-6-3-7-27-24(25)15-21(37(27)19-29(30,31)32)5-4-12-34-26-9-8-23(43(33,39)40)16-28(26)42-2;/h3,6-9,15-16,20,22,34-35,38H,10-14,17-19H2,1-2H3,(H2,33,39,40);1H2/t22-;/m0./s1. The molecule has 10 nitrogen and oxygen atoms in total. The van der Waals surface area contributed by atoms with Crippen LogP contribution in [0.3, 0.4) is 0 Å². The molecule has 4 rings (SSSR count). The number of nitrogens with two attached hydrogens (primary N) is 1. The lowest BCUT2D eigenvalue weighted by Gasteiger charge is -2.34. The van der Waals surface area contributed by atoms with Crippen LogP contribution in [0.4, 0.5) is 24.5 Å².